The molecule has 0 bridgehead atoms. The number of benzene rings is 2. The van der Waals surface area contributed by atoms with Gasteiger partial charge in [0.15, 0.2) is 0 Å². The topological polar surface area (TPSA) is 125 Å². The van der Waals surface area contributed by atoms with Gasteiger partial charge in [-0.3, -0.25) is 19.2 Å². The molecule has 0 unspecified atom stereocenters. The molecular weight excluding hydrogens is 468 g/mol. The number of hydrogen-bond donors (Lipinski definition) is 3. The van der Waals surface area contributed by atoms with E-state index < -0.39 is 21.6 Å². The van der Waals surface area contributed by atoms with Gasteiger partial charge in [0.05, 0.1) is 10.6 Å². The van der Waals surface area contributed by atoms with E-state index in [1.807, 2.05) is 32.0 Å². The molecule has 1 saturated heterocycles. The Balaban J connectivity index is 1.34. The van der Waals surface area contributed by atoms with Gasteiger partial charge in [-0.15, -0.1) is 0 Å². The van der Waals surface area contributed by atoms with Crippen molar-refractivity contribution < 1.29 is 22.8 Å². The van der Waals surface area contributed by atoms with Crippen LogP contribution in [0, 0.1) is 13.8 Å². The smallest absolute Gasteiger partial charge is 0.325 e. The quantitative estimate of drug-likeness (QED) is 0.502. The molecule has 1 heterocycles. The predicted octanol–water partition coefficient (Wildman–Crippen LogP) is 3.69. The van der Waals surface area contributed by atoms with Gasteiger partial charge in [-0.1, -0.05) is 37.5 Å². The van der Waals surface area contributed by atoms with Crippen LogP contribution < -0.4 is 15.4 Å². The molecule has 1 spiro atoms. The second-order valence-electron chi connectivity index (χ2n) is 9.22. The number of para-hydroxylation sites is 1. The van der Waals surface area contributed by atoms with Gasteiger partial charge in [-0.05, 0) is 62.1 Å². The first-order valence-corrected chi connectivity index (χ1v) is 13.2. The molecule has 2 aromatic rings. The van der Waals surface area contributed by atoms with Gasteiger partial charge in [-0.25, -0.2) is 13.2 Å². The predicted molar refractivity (Wildman–Crippen MR) is 132 cm³/mol. The van der Waals surface area contributed by atoms with Crippen molar-refractivity contribution in [2.24, 2.45) is 0 Å². The van der Waals surface area contributed by atoms with Crippen LogP contribution in [0.2, 0.25) is 0 Å². The molecule has 10 heteroatoms. The summed E-state index contributed by atoms with van der Waals surface area (Å²) in [6.45, 7) is 3.65. The monoisotopic (exact) mass is 498 g/mol. The van der Waals surface area contributed by atoms with E-state index in [0.29, 0.717) is 24.2 Å². The van der Waals surface area contributed by atoms with Crippen molar-refractivity contribution in [1.82, 2.24) is 10.2 Å². The maximum Gasteiger partial charge on any atom is 0.325 e. The van der Waals surface area contributed by atoms with Crippen molar-refractivity contribution in [3.05, 3.63) is 53.6 Å². The van der Waals surface area contributed by atoms with Crippen LogP contribution in [0.3, 0.4) is 0 Å². The number of imide groups is 1. The number of urea groups is 1. The molecule has 2 aromatic carbocycles. The third kappa shape index (κ3) is 5.17. The van der Waals surface area contributed by atoms with Crippen LogP contribution in [-0.2, 0) is 19.6 Å². The highest BCUT2D eigenvalue weighted by Gasteiger charge is 2.51. The van der Waals surface area contributed by atoms with Gasteiger partial charge in [-0.2, -0.15) is 0 Å². The SMILES string of the molecule is Cc1cccc(C)c1NS(=O)(=O)c1ccc(NC(=O)CCN2C(=O)NC3(CCCCC3)C2=O)cc1. The summed E-state index contributed by atoms with van der Waals surface area (Å²) >= 11 is 0. The van der Waals surface area contributed by atoms with Crippen LogP contribution in [0.25, 0.3) is 0 Å². The van der Waals surface area contributed by atoms with E-state index in [-0.39, 0.29) is 29.7 Å². The maximum atomic E-state index is 12.8. The molecule has 0 atom stereocenters. The van der Waals surface area contributed by atoms with Crippen LogP contribution >= 0.6 is 0 Å². The molecule has 186 valence electrons. The largest absolute Gasteiger partial charge is 0.326 e. The van der Waals surface area contributed by atoms with E-state index in [1.165, 1.54) is 24.3 Å². The highest BCUT2D eigenvalue weighted by atomic mass is 32.2. The summed E-state index contributed by atoms with van der Waals surface area (Å²) in [5.74, 6) is -0.625. The second-order valence-corrected chi connectivity index (χ2v) is 10.9. The first-order valence-electron chi connectivity index (χ1n) is 11.7. The number of nitrogens with one attached hydrogen (secondary N) is 3. The average Bonchev–Trinajstić information content (AvgIpc) is 3.04. The number of carbonyl (C=O) groups excluding carboxylic acids is 3. The first-order chi connectivity index (χ1) is 16.6. The normalized spacial score (nSPS) is 17.4. The molecule has 4 rings (SSSR count). The zero-order valence-electron chi connectivity index (χ0n) is 19.9. The van der Waals surface area contributed by atoms with Crippen LogP contribution in [0.5, 0.6) is 0 Å². The maximum absolute atomic E-state index is 12.8. The molecule has 4 amide bonds. The third-order valence-corrected chi connectivity index (χ3v) is 8.05. The van der Waals surface area contributed by atoms with E-state index in [2.05, 4.69) is 15.4 Å². The van der Waals surface area contributed by atoms with Crippen molar-refractivity contribution >= 4 is 39.2 Å². The van der Waals surface area contributed by atoms with Crippen LogP contribution in [-0.4, -0.2) is 43.2 Å². The highest BCUT2D eigenvalue weighted by molar-refractivity contribution is 7.92. The van der Waals surface area contributed by atoms with E-state index in [9.17, 15) is 22.8 Å². The summed E-state index contributed by atoms with van der Waals surface area (Å²) < 4.78 is 28.2. The molecule has 3 N–H and O–H groups in total. The Morgan fingerprint density at radius 2 is 1.63 bits per heavy atom. The number of rotatable bonds is 7. The summed E-state index contributed by atoms with van der Waals surface area (Å²) in [7, 11) is -3.80. The van der Waals surface area contributed by atoms with E-state index in [0.717, 1.165) is 35.3 Å². The number of hydrogen-bond acceptors (Lipinski definition) is 5. The highest BCUT2D eigenvalue weighted by Crippen LogP contribution is 2.33. The van der Waals surface area contributed by atoms with Crippen LogP contribution in [0.15, 0.2) is 47.4 Å². The minimum atomic E-state index is -3.80. The Hall–Kier alpha value is -3.40. The Morgan fingerprint density at radius 3 is 2.26 bits per heavy atom. The van der Waals surface area contributed by atoms with Crippen LogP contribution in [0.1, 0.15) is 49.7 Å². The van der Waals surface area contributed by atoms with Gasteiger partial charge < -0.3 is 10.6 Å². The average molecular weight is 499 g/mol. The molecule has 35 heavy (non-hydrogen) atoms. The Morgan fingerprint density at radius 1 is 1.00 bits per heavy atom. The summed E-state index contributed by atoms with van der Waals surface area (Å²) in [6.07, 6.45) is 4.05. The zero-order valence-corrected chi connectivity index (χ0v) is 20.7. The second kappa shape index (κ2) is 9.69. The fourth-order valence-electron chi connectivity index (χ4n) is 4.70. The molecule has 1 aliphatic carbocycles. The van der Waals surface area contributed by atoms with Gasteiger partial charge >= 0.3 is 6.03 Å². The Kier molecular flexibility index (Phi) is 6.84. The lowest BCUT2D eigenvalue weighted by molar-refractivity contribution is -0.132. The fraction of sp³-hybridized carbons (Fsp3) is 0.400. The number of amides is 4. The molecule has 0 radical (unpaired) electrons. The summed E-state index contributed by atoms with van der Waals surface area (Å²) in [5.41, 5.74) is 1.79. The summed E-state index contributed by atoms with van der Waals surface area (Å²) in [4.78, 5) is 38.8. The summed E-state index contributed by atoms with van der Waals surface area (Å²) in [5, 5.41) is 5.52. The standard InChI is InChI=1S/C25H30N4O5S/c1-17-7-6-8-18(2)22(17)28-35(33,34)20-11-9-19(10-12-20)26-21(30)13-16-29-23(31)25(27-24(29)32)14-4-3-5-15-25/h6-12,28H,3-5,13-16H2,1-2H3,(H,26,30)(H,27,32). The third-order valence-electron chi connectivity index (χ3n) is 6.68. The number of aryl methyl sites for hydroxylation is 2. The molecule has 1 saturated carbocycles. The van der Waals surface area contributed by atoms with Crippen molar-refractivity contribution in [1.29, 1.82) is 0 Å². The minimum absolute atomic E-state index is 0.00951. The number of anilines is 2. The lowest BCUT2D eigenvalue weighted by Gasteiger charge is -2.30. The molecular formula is C25H30N4O5S. The van der Waals surface area contributed by atoms with Gasteiger partial charge in [0, 0.05) is 18.7 Å². The number of carbonyl (C=O) groups is 3. The van der Waals surface area contributed by atoms with Crippen molar-refractivity contribution in [3.8, 4) is 0 Å². The Labute approximate surface area is 205 Å². The Bertz CT molecular complexity index is 1230. The van der Waals surface area contributed by atoms with Crippen LogP contribution in [0.4, 0.5) is 16.2 Å². The van der Waals surface area contributed by atoms with E-state index in [4.69, 9.17) is 0 Å². The van der Waals surface area contributed by atoms with Crippen molar-refractivity contribution in [2.75, 3.05) is 16.6 Å². The number of sulfonamides is 1. The van der Waals surface area contributed by atoms with Gasteiger partial charge in [0.25, 0.3) is 15.9 Å². The molecule has 1 aliphatic heterocycles. The fourth-order valence-corrected chi connectivity index (χ4v) is 5.90. The lowest BCUT2D eigenvalue weighted by atomic mass is 9.82. The molecule has 2 aliphatic rings. The van der Waals surface area contributed by atoms with Crippen molar-refractivity contribution in [2.45, 2.75) is 62.8 Å². The minimum Gasteiger partial charge on any atom is -0.326 e. The van der Waals surface area contributed by atoms with Crippen molar-refractivity contribution in [3.63, 3.8) is 0 Å². The lowest BCUT2D eigenvalue weighted by Crippen LogP contribution is -2.48. The van der Waals surface area contributed by atoms with Gasteiger partial charge in [0.2, 0.25) is 5.91 Å². The summed E-state index contributed by atoms with van der Waals surface area (Å²) in [6, 6.07) is 10.9. The zero-order chi connectivity index (χ0) is 25.2. The van der Waals surface area contributed by atoms with E-state index in [1.54, 1.807) is 0 Å². The van der Waals surface area contributed by atoms with Gasteiger partial charge in [0.1, 0.15) is 5.54 Å². The molecule has 9 nitrogen and oxygen atoms in total. The molecule has 0 aromatic heterocycles. The number of nitrogens with zero attached hydrogens (tertiary/aromatic N) is 1. The van der Waals surface area contributed by atoms with E-state index >= 15 is 0 Å². The molecule has 2 fully saturated rings. The first kappa shape index (κ1) is 24.7.